The van der Waals surface area contributed by atoms with Crippen LogP contribution in [0.3, 0.4) is 0 Å². The van der Waals surface area contributed by atoms with Crippen LogP contribution in [0.2, 0.25) is 0 Å². The van der Waals surface area contributed by atoms with E-state index in [1.165, 1.54) is 17.9 Å². The predicted molar refractivity (Wildman–Crippen MR) is 84.2 cm³/mol. The highest BCUT2D eigenvalue weighted by Crippen LogP contribution is 2.21. The molecule has 0 fully saturated rings. The van der Waals surface area contributed by atoms with Crippen molar-refractivity contribution in [2.45, 2.75) is 13.8 Å². The third-order valence-corrected chi connectivity index (χ3v) is 3.32. The summed E-state index contributed by atoms with van der Waals surface area (Å²) in [5, 5.41) is 2.17. The topological polar surface area (TPSA) is 49.4 Å². The first kappa shape index (κ1) is 16.6. The second-order valence-corrected chi connectivity index (χ2v) is 5.04. The average Bonchev–Trinajstić information content (AvgIpc) is 2.49. The maximum atomic E-state index is 13.6. The molecule has 0 spiro atoms. The molecule has 0 aromatic heterocycles. The third kappa shape index (κ3) is 3.91. The van der Waals surface area contributed by atoms with Crippen LogP contribution in [0.25, 0.3) is 0 Å². The van der Waals surface area contributed by atoms with Crippen LogP contribution in [0.4, 0.5) is 20.2 Å². The molecule has 2 amide bonds. The highest BCUT2D eigenvalue weighted by atomic mass is 19.1. The van der Waals surface area contributed by atoms with Crippen molar-refractivity contribution in [3.05, 3.63) is 59.7 Å². The van der Waals surface area contributed by atoms with E-state index in [0.29, 0.717) is 5.69 Å². The van der Waals surface area contributed by atoms with Gasteiger partial charge in [-0.3, -0.25) is 9.59 Å². The third-order valence-electron chi connectivity index (χ3n) is 3.32. The SMILES string of the molecule is CC(=O)N(CC(=O)Nc1c(F)cccc1F)c1ccccc1C. The molecule has 0 heterocycles. The lowest BCUT2D eigenvalue weighted by Crippen LogP contribution is -2.37. The number of hydrogen-bond donors (Lipinski definition) is 1. The highest BCUT2D eigenvalue weighted by Gasteiger charge is 2.19. The van der Waals surface area contributed by atoms with Gasteiger partial charge in [-0.1, -0.05) is 24.3 Å². The zero-order chi connectivity index (χ0) is 17.0. The summed E-state index contributed by atoms with van der Waals surface area (Å²) in [7, 11) is 0. The second kappa shape index (κ2) is 7.00. The van der Waals surface area contributed by atoms with E-state index in [9.17, 15) is 18.4 Å². The molecule has 120 valence electrons. The lowest BCUT2D eigenvalue weighted by Gasteiger charge is -2.22. The fraction of sp³-hybridized carbons (Fsp3) is 0.176. The smallest absolute Gasteiger partial charge is 0.244 e. The van der Waals surface area contributed by atoms with E-state index < -0.39 is 23.2 Å². The quantitative estimate of drug-likeness (QED) is 0.940. The van der Waals surface area contributed by atoms with Gasteiger partial charge in [-0.2, -0.15) is 0 Å². The van der Waals surface area contributed by atoms with E-state index in [-0.39, 0.29) is 12.5 Å². The van der Waals surface area contributed by atoms with Gasteiger partial charge in [-0.25, -0.2) is 8.78 Å². The van der Waals surface area contributed by atoms with Gasteiger partial charge in [0.25, 0.3) is 0 Å². The van der Waals surface area contributed by atoms with Crippen molar-refractivity contribution >= 4 is 23.2 Å². The monoisotopic (exact) mass is 318 g/mol. The molecule has 4 nitrogen and oxygen atoms in total. The minimum Gasteiger partial charge on any atom is -0.320 e. The minimum atomic E-state index is -0.872. The number of hydrogen-bond acceptors (Lipinski definition) is 2. The number of carbonyl (C=O) groups is 2. The summed E-state index contributed by atoms with van der Waals surface area (Å²) in [4.78, 5) is 25.1. The van der Waals surface area contributed by atoms with Crippen LogP contribution in [0.15, 0.2) is 42.5 Å². The Balaban J connectivity index is 2.20. The summed E-state index contributed by atoms with van der Waals surface area (Å²) in [6.07, 6.45) is 0. The molecular weight excluding hydrogens is 302 g/mol. The summed E-state index contributed by atoms with van der Waals surface area (Å²) < 4.78 is 27.1. The second-order valence-electron chi connectivity index (χ2n) is 5.04. The normalized spacial score (nSPS) is 10.3. The molecule has 0 saturated heterocycles. The van der Waals surface area contributed by atoms with E-state index in [0.717, 1.165) is 17.7 Å². The zero-order valence-corrected chi connectivity index (χ0v) is 12.8. The van der Waals surface area contributed by atoms with E-state index in [1.807, 2.05) is 6.07 Å². The largest absolute Gasteiger partial charge is 0.320 e. The maximum absolute atomic E-state index is 13.6. The number of amides is 2. The van der Waals surface area contributed by atoms with E-state index in [4.69, 9.17) is 0 Å². The van der Waals surface area contributed by atoms with E-state index in [1.54, 1.807) is 25.1 Å². The number of aryl methyl sites for hydroxylation is 1. The molecule has 6 heteroatoms. The standard InChI is InChI=1S/C17H16F2N2O2/c1-11-6-3-4-9-15(11)21(12(2)22)10-16(23)20-17-13(18)7-5-8-14(17)19/h3-9H,10H2,1-2H3,(H,20,23). The first-order chi connectivity index (χ1) is 10.9. The van der Waals surface area contributed by atoms with Crippen molar-refractivity contribution in [1.82, 2.24) is 0 Å². The number of nitrogens with zero attached hydrogens (tertiary/aromatic N) is 1. The van der Waals surface area contributed by atoms with Gasteiger partial charge in [0.2, 0.25) is 11.8 Å². The summed E-state index contributed by atoms with van der Waals surface area (Å²) in [6.45, 7) is 2.79. The number of para-hydroxylation sites is 2. The summed E-state index contributed by atoms with van der Waals surface area (Å²) in [6, 6.07) is 10.4. The van der Waals surface area contributed by atoms with Gasteiger partial charge in [0.1, 0.15) is 23.9 Å². The molecule has 0 bridgehead atoms. The zero-order valence-electron chi connectivity index (χ0n) is 12.8. The van der Waals surface area contributed by atoms with Crippen molar-refractivity contribution in [3.63, 3.8) is 0 Å². The Morgan fingerprint density at radius 2 is 1.65 bits per heavy atom. The maximum Gasteiger partial charge on any atom is 0.244 e. The fourth-order valence-corrected chi connectivity index (χ4v) is 2.17. The molecule has 1 N–H and O–H groups in total. The molecule has 2 aromatic carbocycles. The van der Waals surface area contributed by atoms with Gasteiger partial charge in [-0.05, 0) is 30.7 Å². The molecule has 0 atom stereocenters. The van der Waals surface area contributed by atoms with Crippen molar-refractivity contribution < 1.29 is 18.4 Å². The van der Waals surface area contributed by atoms with Crippen molar-refractivity contribution in [3.8, 4) is 0 Å². The molecule has 0 saturated carbocycles. The molecule has 2 aromatic rings. The summed E-state index contributed by atoms with van der Waals surface area (Å²) in [5.74, 6) is -2.77. The van der Waals surface area contributed by atoms with Crippen molar-refractivity contribution in [2.75, 3.05) is 16.8 Å². The van der Waals surface area contributed by atoms with Crippen LogP contribution in [-0.2, 0) is 9.59 Å². The Hall–Kier alpha value is -2.76. The lowest BCUT2D eigenvalue weighted by molar-refractivity contribution is -0.120. The summed E-state index contributed by atoms with van der Waals surface area (Å²) in [5.41, 5.74) is 0.863. The van der Waals surface area contributed by atoms with Gasteiger partial charge < -0.3 is 10.2 Å². The van der Waals surface area contributed by atoms with Gasteiger partial charge in [-0.15, -0.1) is 0 Å². The lowest BCUT2D eigenvalue weighted by atomic mass is 10.2. The van der Waals surface area contributed by atoms with Crippen molar-refractivity contribution in [2.24, 2.45) is 0 Å². The molecular formula is C17H16F2N2O2. The first-order valence-corrected chi connectivity index (χ1v) is 6.97. The Bertz CT molecular complexity index is 727. The van der Waals surface area contributed by atoms with E-state index >= 15 is 0 Å². The summed E-state index contributed by atoms with van der Waals surface area (Å²) >= 11 is 0. The minimum absolute atomic E-state index is 0.339. The molecule has 0 unspecified atom stereocenters. The predicted octanol–water partition coefficient (Wildman–Crippen LogP) is 3.26. The molecule has 0 aliphatic carbocycles. The Morgan fingerprint density at radius 3 is 2.22 bits per heavy atom. The molecule has 2 rings (SSSR count). The van der Waals surface area contributed by atoms with Gasteiger partial charge >= 0.3 is 0 Å². The molecule has 0 aliphatic heterocycles. The van der Waals surface area contributed by atoms with Crippen LogP contribution in [0.5, 0.6) is 0 Å². The van der Waals surface area contributed by atoms with Crippen LogP contribution in [0, 0.1) is 18.6 Å². The molecule has 0 aliphatic rings. The Labute approximate surface area is 132 Å². The number of halogens is 2. The van der Waals surface area contributed by atoms with Gasteiger partial charge in [0.15, 0.2) is 0 Å². The van der Waals surface area contributed by atoms with Crippen LogP contribution in [0.1, 0.15) is 12.5 Å². The molecule has 0 radical (unpaired) electrons. The average molecular weight is 318 g/mol. The molecule has 23 heavy (non-hydrogen) atoms. The Morgan fingerprint density at radius 1 is 1.04 bits per heavy atom. The van der Waals surface area contributed by atoms with Crippen molar-refractivity contribution in [1.29, 1.82) is 0 Å². The highest BCUT2D eigenvalue weighted by molar-refractivity contribution is 6.02. The number of rotatable bonds is 4. The van der Waals surface area contributed by atoms with Crippen LogP contribution < -0.4 is 10.2 Å². The number of anilines is 2. The van der Waals surface area contributed by atoms with Crippen LogP contribution in [-0.4, -0.2) is 18.4 Å². The van der Waals surface area contributed by atoms with Crippen LogP contribution >= 0.6 is 0 Å². The number of carbonyl (C=O) groups excluding carboxylic acids is 2. The van der Waals surface area contributed by atoms with Gasteiger partial charge in [0.05, 0.1) is 0 Å². The number of benzene rings is 2. The van der Waals surface area contributed by atoms with Gasteiger partial charge in [0, 0.05) is 12.6 Å². The first-order valence-electron chi connectivity index (χ1n) is 6.97. The number of nitrogens with one attached hydrogen (secondary N) is 1. The fourth-order valence-electron chi connectivity index (χ4n) is 2.17. The van der Waals surface area contributed by atoms with E-state index in [2.05, 4.69) is 5.32 Å². The Kier molecular flexibility index (Phi) is 5.05.